The number of alkyl carbamates (subject to hydrolysis) is 1. The molecule has 7 nitrogen and oxygen atoms in total. The molecule has 0 radical (unpaired) electrons. The number of nitrogens with one attached hydrogen (secondary N) is 3. The molecule has 0 spiro atoms. The normalized spacial score (nSPS) is 11.1. The number of H-pyrrole nitrogens is 1. The van der Waals surface area contributed by atoms with Crippen LogP contribution in [-0.4, -0.2) is 42.8 Å². The molecule has 0 atom stereocenters. The summed E-state index contributed by atoms with van der Waals surface area (Å²) in [5.74, 6) is -0.382. The Labute approximate surface area is 130 Å². The lowest BCUT2D eigenvalue weighted by Gasteiger charge is -2.19. The molecule has 1 aromatic heterocycles. The van der Waals surface area contributed by atoms with E-state index in [-0.39, 0.29) is 5.97 Å². The summed E-state index contributed by atoms with van der Waals surface area (Å²) in [5.41, 5.74) is 0.860. The molecular weight excluding hydrogens is 286 g/mol. The van der Waals surface area contributed by atoms with E-state index in [0.29, 0.717) is 18.8 Å². The number of aromatic amines is 1. The van der Waals surface area contributed by atoms with Gasteiger partial charge in [-0.25, -0.2) is 9.59 Å². The number of carbonyl (C=O) groups excluding carboxylic acids is 2. The predicted octanol–water partition coefficient (Wildman–Crippen LogP) is 1.81. The SMILES string of the molecule is COC(=O)c1ccc(CNCCCNC(=O)OC(C)(C)C)[nH]1. The molecule has 124 valence electrons. The molecule has 0 unspecified atom stereocenters. The summed E-state index contributed by atoms with van der Waals surface area (Å²) in [4.78, 5) is 25.7. The first kappa shape index (κ1) is 18.0. The fourth-order valence-corrected chi connectivity index (χ4v) is 1.71. The molecule has 0 aliphatic carbocycles. The van der Waals surface area contributed by atoms with Gasteiger partial charge in [0.1, 0.15) is 11.3 Å². The van der Waals surface area contributed by atoms with E-state index in [1.165, 1.54) is 7.11 Å². The van der Waals surface area contributed by atoms with E-state index in [2.05, 4.69) is 20.4 Å². The average Bonchev–Trinajstić information content (AvgIpc) is 2.88. The molecule has 0 aliphatic heterocycles. The summed E-state index contributed by atoms with van der Waals surface area (Å²) in [6.07, 6.45) is 0.378. The highest BCUT2D eigenvalue weighted by atomic mass is 16.6. The van der Waals surface area contributed by atoms with Gasteiger partial charge in [-0.15, -0.1) is 0 Å². The van der Waals surface area contributed by atoms with Gasteiger partial charge in [0, 0.05) is 18.8 Å². The highest BCUT2D eigenvalue weighted by molar-refractivity contribution is 5.87. The zero-order valence-corrected chi connectivity index (χ0v) is 13.6. The third kappa shape index (κ3) is 7.12. The van der Waals surface area contributed by atoms with Crippen LogP contribution in [0, 0.1) is 0 Å². The Bertz CT molecular complexity index is 491. The number of amides is 1. The highest BCUT2D eigenvalue weighted by Crippen LogP contribution is 2.06. The molecule has 0 aromatic carbocycles. The Kier molecular flexibility index (Phi) is 6.91. The second kappa shape index (κ2) is 8.43. The van der Waals surface area contributed by atoms with E-state index in [1.54, 1.807) is 6.07 Å². The Morgan fingerprint density at radius 1 is 1.23 bits per heavy atom. The van der Waals surface area contributed by atoms with Crippen molar-refractivity contribution in [3.63, 3.8) is 0 Å². The summed E-state index contributed by atoms with van der Waals surface area (Å²) in [6, 6.07) is 3.52. The van der Waals surface area contributed by atoms with Crippen molar-refractivity contribution in [1.29, 1.82) is 0 Å². The van der Waals surface area contributed by atoms with Crippen LogP contribution in [0.15, 0.2) is 12.1 Å². The minimum atomic E-state index is -0.479. The minimum absolute atomic E-state index is 0.382. The monoisotopic (exact) mass is 311 g/mol. The standard InChI is InChI=1S/C15H25N3O4/c1-15(2,3)22-14(20)17-9-5-8-16-10-11-6-7-12(18-11)13(19)21-4/h6-7,16,18H,5,8-10H2,1-4H3,(H,17,20). The van der Waals surface area contributed by atoms with Gasteiger partial charge < -0.3 is 25.1 Å². The van der Waals surface area contributed by atoms with Gasteiger partial charge in [-0.05, 0) is 45.9 Å². The fourth-order valence-electron chi connectivity index (χ4n) is 1.71. The quantitative estimate of drug-likeness (QED) is 0.527. The van der Waals surface area contributed by atoms with Gasteiger partial charge in [0.2, 0.25) is 0 Å². The van der Waals surface area contributed by atoms with Crippen LogP contribution in [0.25, 0.3) is 0 Å². The number of hydrogen-bond acceptors (Lipinski definition) is 5. The first-order valence-electron chi connectivity index (χ1n) is 7.25. The van der Waals surface area contributed by atoms with Crippen LogP contribution in [-0.2, 0) is 16.0 Å². The van der Waals surface area contributed by atoms with E-state index < -0.39 is 11.7 Å². The van der Waals surface area contributed by atoms with Crippen LogP contribution in [0.2, 0.25) is 0 Å². The lowest BCUT2D eigenvalue weighted by Crippen LogP contribution is -2.33. The van der Waals surface area contributed by atoms with Gasteiger partial charge in [-0.1, -0.05) is 0 Å². The lowest BCUT2D eigenvalue weighted by molar-refractivity contribution is 0.0526. The molecular formula is C15H25N3O4. The highest BCUT2D eigenvalue weighted by Gasteiger charge is 2.15. The van der Waals surface area contributed by atoms with Crippen molar-refractivity contribution in [2.75, 3.05) is 20.2 Å². The number of carbonyl (C=O) groups is 2. The summed E-state index contributed by atoms with van der Waals surface area (Å²) < 4.78 is 9.75. The average molecular weight is 311 g/mol. The molecule has 1 aromatic rings. The molecule has 0 saturated carbocycles. The van der Waals surface area contributed by atoms with E-state index in [0.717, 1.165) is 18.7 Å². The maximum absolute atomic E-state index is 11.4. The smallest absolute Gasteiger partial charge is 0.407 e. The van der Waals surface area contributed by atoms with Crippen molar-refractivity contribution in [2.24, 2.45) is 0 Å². The predicted molar refractivity (Wildman–Crippen MR) is 82.7 cm³/mol. The Morgan fingerprint density at radius 3 is 2.59 bits per heavy atom. The lowest BCUT2D eigenvalue weighted by atomic mass is 10.2. The minimum Gasteiger partial charge on any atom is -0.464 e. The summed E-state index contributed by atoms with van der Waals surface area (Å²) in [5, 5.41) is 5.91. The third-order valence-electron chi connectivity index (χ3n) is 2.67. The first-order chi connectivity index (χ1) is 10.3. The van der Waals surface area contributed by atoms with Gasteiger partial charge in [0.25, 0.3) is 0 Å². The van der Waals surface area contributed by atoms with Crippen LogP contribution < -0.4 is 10.6 Å². The van der Waals surface area contributed by atoms with Crippen LogP contribution in [0.1, 0.15) is 43.4 Å². The Hall–Kier alpha value is -2.02. The van der Waals surface area contributed by atoms with Crippen LogP contribution in [0.5, 0.6) is 0 Å². The number of ether oxygens (including phenoxy) is 2. The van der Waals surface area contributed by atoms with Gasteiger partial charge in [-0.2, -0.15) is 0 Å². The van der Waals surface area contributed by atoms with E-state index in [1.807, 2.05) is 26.8 Å². The van der Waals surface area contributed by atoms with Crippen molar-refractivity contribution in [3.05, 3.63) is 23.5 Å². The fraction of sp³-hybridized carbons (Fsp3) is 0.600. The molecule has 3 N–H and O–H groups in total. The topological polar surface area (TPSA) is 92.5 Å². The molecule has 1 heterocycles. The second-order valence-corrected chi connectivity index (χ2v) is 5.85. The molecule has 0 aliphatic rings. The molecule has 22 heavy (non-hydrogen) atoms. The summed E-state index contributed by atoms with van der Waals surface area (Å²) >= 11 is 0. The molecule has 0 bridgehead atoms. The van der Waals surface area contributed by atoms with E-state index >= 15 is 0 Å². The van der Waals surface area contributed by atoms with Crippen LogP contribution in [0.3, 0.4) is 0 Å². The van der Waals surface area contributed by atoms with Crippen molar-refractivity contribution < 1.29 is 19.1 Å². The second-order valence-electron chi connectivity index (χ2n) is 5.85. The zero-order valence-electron chi connectivity index (χ0n) is 13.6. The summed E-state index contributed by atoms with van der Waals surface area (Å²) in [7, 11) is 1.35. The maximum atomic E-state index is 11.4. The number of rotatable bonds is 7. The molecule has 0 fully saturated rings. The van der Waals surface area contributed by atoms with Crippen molar-refractivity contribution >= 4 is 12.1 Å². The van der Waals surface area contributed by atoms with Crippen molar-refractivity contribution in [3.8, 4) is 0 Å². The first-order valence-corrected chi connectivity index (χ1v) is 7.25. The van der Waals surface area contributed by atoms with Crippen molar-refractivity contribution in [2.45, 2.75) is 39.3 Å². The van der Waals surface area contributed by atoms with Gasteiger partial charge in [0.05, 0.1) is 7.11 Å². The number of esters is 1. The van der Waals surface area contributed by atoms with Gasteiger partial charge >= 0.3 is 12.1 Å². The van der Waals surface area contributed by atoms with Gasteiger partial charge in [-0.3, -0.25) is 0 Å². The van der Waals surface area contributed by atoms with E-state index in [4.69, 9.17) is 4.74 Å². The Morgan fingerprint density at radius 2 is 1.95 bits per heavy atom. The van der Waals surface area contributed by atoms with Gasteiger partial charge in [0.15, 0.2) is 0 Å². The molecule has 1 rings (SSSR count). The van der Waals surface area contributed by atoms with Crippen LogP contribution in [0.4, 0.5) is 4.79 Å². The largest absolute Gasteiger partial charge is 0.464 e. The van der Waals surface area contributed by atoms with Crippen molar-refractivity contribution in [1.82, 2.24) is 15.6 Å². The number of aromatic nitrogens is 1. The number of hydrogen-bond donors (Lipinski definition) is 3. The molecule has 0 saturated heterocycles. The third-order valence-corrected chi connectivity index (χ3v) is 2.67. The van der Waals surface area contributed by atoms with E-state index in [9.17, 15) is 9.59 Å². The molecule has 1 amide bonds. The maximum Gasteiger partial charge on any atom is 0.407 e. The zero-order chi connectivity index (χ0) is 16.6. The summed E-state index contributed by atoms with van der Waals surface area (Å²) in [6.45, 7) is 7.37. The van der Waals surface area contributed by atoms with Crippen LogP contribution >= 0.6 is 0 Å². The molecule has 7 heteroatoms. The number of methoxy groups -OCH3 is 1. The Balaban J connectivity index is 2.12.